The van der Waals surface area contributed by atoms with Crippen LogP contribution in [0.1, 0.15) is 12.8 Å². The summed E-state index contributed by atoms with van der Waals surface area (Å²) in [7, 11) is 1.22. The van der Waals surface area contributed by atoms with Crippen LogP contribution < -0.4 is 10.1 Å². The third kappa shape index (κ3) is 4.21. The summed E-state index contributed by atoms with van der Waals surface area (Å²) in [6.07, 6.45) is 1.05. The molecule has 1 heterocycles. The van der Waals surface area contributed by atoms with E-state index in [-0.39, 0.29) is 11.8 Å². The second-order valence-corrected chi connectivity index (χ2v) is 7.82. The topological polar surface area (TPSA) is 79.0 Å². The lowest BCUT2D eigenvalue weighted by Crippen LogP contribution is -2.46. The number of carbonyl (C=O) groups excluding carboxylic acids is 1. The van der Waals surface area contributed by atoms with Crippen LogP contribution in [0.15, 0.2) is 24.3 Å². The van der Waals surface area contributed by atoms with Gasteiger partial charge in [-0.05, 0) is 37.1 Å². The number of benzene rings is 1. The van der Waals surface area contributed by atoms with Gasteiger partial charge in [-0.1, -0.05) is 0 Å². The largest absolute Gasteiger partial charge is 0.497 e. The molecule has 0 spiro atoms. The molecule has 1 fully saturated rings. The maximum atomic E-state index is 12.3. The molecule has 0 radical (unpaired) electrons. The fraction of sp³-hybridized carbons (Fsp3) is 0.533. The lowest BCUT2D eigenvalue weighted by Gasteiger charge is -2.32. The molecule has 0 aliphatic carbocycles. The summed E-state index contributed by atoms with van der Waals surface area (Å²) in [5, 5.41) is 2.87. The Morgan fingerprint density at radius 2 is 1.78 bits per heavy atom. The molecule has 8 heteroatoms. The van der Waals surface area contributed by atoms with Crippen molar-refractivity contribution in [2.75, 3.05) is 39.6 Å². The summed E-state index contributed by atoms with van der Waals surface area (Å²) < 4.78 is 31.8. The van der Waals surface area contributed by atoms with Crippen LogP contribution in [0.25, 0.3) is 0 Å². The van der Waals surface area contributed by atoms with E-state index in [4.69, 9.17) is 4.74 Å². The van der Waals surface area contributed by atoms with E-state index >= 15 is 0 Å². The van der Waals surface area contributed by atoms with E-state index in [9.17, 15) is 13.2 Å². The van der Waals surface area contributed by atoms with Gasteiger partial charge < -0.3 is 10.1 Å². The molecule has 128 valence electrons. The van der Waals surface area contributed by atoms with Crippen LogP contribution in [-0.2, 0) is 15.0 Å². The number of nitrogens with one attached hydrogen (secondary N) is 1. The molecule has 1 amide bonds. The van der Waals surface area contributed by atoms with E-state index in [1.54, 1.807) is 31.4 Å². The minimum absolute atomic E-state index is 0.0722. The Balaban J connectivity index is 1.90. The summed E-state index contributed by atoms with van der Waals surface area (Å²) in [6.45, 7) is 0.725. The Bertz CT molecular complexity index is 635. The SMILES string of the molecule is COc1ccc(NC(=O)C2CCN(S(=O)(=O)N(C)C)CC2)cc1. The first-order chi connectivity index (χ1) is 10.8. The van der Waals surface area contributed by atoms with Crippen LogP contribution >= 0.6 is 0 Å². The smallest absolute Gasteiger partial charge is 0.281 e. The van der Waals surface area contributed by atoms with Crippen molar-refractivity contribution < 1.29 is 17.9 Å². The molecular weight excluding hydrogens is 318 g/mol. The van der Waals surface area contributed by atoms with Crippen molar-refractivity contribution in [2.45, 2.75) is 12.8 Å². The summed E-state index contributed by atoms with van der Waals surface area (Å²) >= 11 is 0. The number of rotatable bonds is 5. The Labute approximate surface area is 137 Å². The predicted octanol–water partition coefficient (Wildman–Crippen LogP) is 1.15. The van der Waals surface area contributed by atoms with Gasteiger partial charge in [0.1, 0.15) is 5.75 Å². The third-order valence-electron chi connectivity index (χ3n) is 3.97. The number of carbonyl (C=O) groups is 1. The van der Waals surface area contributed by atoms with Gasteiger partial charge in [-0.25, -0.2) is 0 Å². The maximum absolute atomic E-state index is 12.3. The molecule has 2 rings (SSSR count). The van der Waals surface area contributed by atoms with Gasteiger partial charge in [0, 0.05) is 38.8 Å². The summed E-state index contributed by atoms with van der Waals surface area (Å²) in [6, 6.07) is 7.12. The molecule has 0 atom stereocenters. The van der Waals surface area contributed by atoms with E-state index in [0.717, 1.165) is 5.75 Å². The second-order valence-electron chi connectivity index (χ2n) is 5.68. The van der Waals surface area contributed by atoms with E-state index in [0.29, 0.717) is 31.6 Å². The zero-order valence-corrected chi connectivity index (χ0v) is 14.5. The molecule has 1 aliphatic heterocycles. The third-order valence-corrected chi connectivity index (χ3v) is 5.91. The van der Waals surface area contributed by atoms with Gasteiger partial charge in [0.25, 0.3) is 10.2 Å². The number of ether oxygens (including phenoxy) is 1. The molecule has 0 bridgehead atoms. The quantitative estimate of drug-likeness (QED) is 0.871. The average molecular weight is 341 g/mol. The predicted molar refractivity (Wildman–Crippen MR) is 88.5 cm³/mol. The monoisotopic (exact) mass is 341 g/mol. The molecule has 0 saturated carbocycles. The Morgan fingerprint density at radius 1 is 1.22 bits per heavy atom. The van der Waals surface area contributed by atoms with Crippen LogP contribution in [-0.4, -0.2) is 57.2 Å². The first kappa shape index (κ1) is 17.7. The molecule has 1 N–H and O–H groups in total. The number of hydrogen-bond acceptors (Lipinski definition) is 4. The van der Waals surface area contributed by atoms with Gasteiger partial charge in [0.05, 0.1) is 7.11 Å². The first-order valence-corrected chi connectivity index (χ1v) is 8.87. The van der Waals surface area contributed by atoms with Crippen molar-refractivity contribution in [1.82, 2.24) is 8.61 Å². The number of nitrogens with zero attached hydrogens (tertiary/aromatic N) is 2. The maximum Gasteiger partial charge on any atom is 0.281 e. The van der Waals surface area contributed by atoms with Gasteiger partial charge >= 0.3 is 0 Å². The van der Waals surface area contributed by atoms with Crippen LogP contribution in [0.5, 0.6) is 5.75 Å². The van der Waals surface area contributed by atoms with Gasteiger partial charge in [-0.3, -0.25) is 4.79 Å². The lowest BCUT2D eigenvalue weighted by molar-refractivity contribution is -0.120. The molecular formula is C15H23N3O4S. The number of amides is 1. The summed E-state index contributed by atoms with van der Waals surface area (Å²) in [5.74, 6) is 0.480. The van der Waals surface area contributed by atoms with Gasteiger partial charge in [0.2, 0.25) is 5.91 Å². The van der Waals surface area contributed by atoms with Crippen LogP contribution in [0.3, 0.4) is 0 Å². The van der Waals surface area contributed by atoms with Gasteiger partial charge in [0.15, 0.2) is 0 Å². The van der Waals surface area contributed by atoms with E-state index < -0.39 is 10.2 Å². The van der Waals surface area contributed by atoms with Crippen molar-refractivity contribution in [2.24, 2.45) is 5.92 Å². The zero-order valence-electron chi connectivity index (χ0n) is 13.7. The number of methoxy groups -OCH3 is 1. The molecule has 1 aromatic carbocycles. The van der Waals surface area contributed by atoms with Gasteiger partial charge in [-0.15, -0.1) is 0 Å². The molecule has 0 aromatic heterocycles. The molecule has 7 nitrogen and oxygen atoms in total. The van der Waals surface area contributed by atoms with Crippen LogP contribution in [0.4, 0.5) is 5.69 Å². The lowest BCUT2D eigenvalue weighted by atomic mass is 9.97. The fourth-order valence-corrected chi connectivity index (χ4v) is 3.63. The number of anilines is 1. The molecule has 1 saturated heterocycles. The van der Waals surface area contributed by atoms with Crippen molar-refractivity contribution in [3.05, 3.63) is 24.3 Å². The van der Waals surface area contributed by atoms with Crippen molar-refractivity contribution in [3.63, 3.8) is 0 Å². The molecule has 0 unspecified atom stereocenters. The minimum atomic E-state index is -3.39. The van der Waals surface area contributed by atoms with Crippen molar-refractivity contribution in [3.8, 4) is 5.75 Å². The van der Waals surface area contributed by atoms with E-state index in [1.807, 2.05) is 0 Å². The Hall–Kier alpha value is -1.64. The Kier molecular flexibility index (Phi) is 5.61. The Morgan fingerprint density at radius 3 is 2.26 bits per heavy atom. The number of piperidine rings is 1. The zero-order chi connectivity index (χ0) is 17.0. The van der Waals surface area contributed by atoms with Crippen LogP contribution in [0.2, 0.25) is 0 Å². The molecule has 1 aliphatic rings. The highest BCUT2D eigenvalue weighted by Crippen LogP contribution is 2.23. The molecule has 1 aromatic rings. The summed E-state index contributed by atoms with van der Waals surface area (Å²) in [4.78, 5) is 12.3. The standard InChI is InChI=1S/C15H23N3O4S/c1-17(2)23(20,21)18-10-8-12(9-11-18)15(19)16-13-4-6-14(22-3)7-5-13/h4-7,12H,8-11H2,1-3H3,(H,16,19). The first-order valence-electron chi connectivity index (χ1n) is 7.47. The normalized spacial score (nSPS) is 17.2. The molecule has 23 heavy (non-hydrogen) atoms. The fourth-order valence-electron chi connectivity index (χ4n) is 2.50. The number of hydrogen-bond donors (Lipinski definition) is 1. The van der Waals surface area contributed by atoms with E-state index in [1.165, 1.54) is 22.7 Å². The van der Waals surface area contributed by atoms with Gasteiger partial charge in [-0.2, -0.15) is 17.0 Å². The summed E-state index contributed by atoms with van der Waals surface area (Å²) in [5.41, 5.74) is 0.708. The van der Waals surface area contributed by atoms with Crippen molar-refractivity contribution in [1.29, 1.82) is 0 Å². The van der Waals surface area contributed by atoms with Crippen molar-refractivity contribution >= 4 is 21.8 Å². The van der Waals surface area contributed by atoms with Crippen LogP contribution in [0, 0.1) is 5.92 Å². The van der Waals surface area contributed by atoms with E-state index in [2.05, 4.69) is 5.32 Å². The average Bonchev–Trinajstić information content (AvgIpc) is 2.55. The minimum Gasteiger partial charge on any atom is -0.497 e. The highest BCUT2D eigenvalue weighted by Gasteiger charge is 2.32. The highest BCUT2D eigenvalue weighted by molar-refractivity contribution is 7.86. The second kappa shape index (κ2) is 7.29. The highest BCUT2D eigenvalue weighted by atomic mass is 32.2.